The summed E-state index contributed by atoms with van der Waals surface area (Å²) in [6.45, 7) is 2.46. The highest BCUT2D eigenvalue weighted by molar-refractivity contribution is 7.80. The van der Waals surface area contributed by atoms with Gasteiger partial charge in [-0.15, -0.1) is 0 Å². The third-order valence-electron chi connectivity index (χ3n) is 3.84. The molecule has 0 atom stereocenters. The van der Waals surface area contributed by atoms with Crippen molar-refractivity contribution in [2.75, 3.05) is 14.2 Å². The van der Waals surface area contributed by atoms with E-state index in [1.54, 1.807) is 14.2 Å². The van der Waals surface area contributed by atoms with Crippen LogP contribution in [0.4, 0.5) is 0 Å². The molecule has 0 bridgehead atoms. The molecule has 0 radical (unpaired) electrons. The van der Waals surface area contributed by atoms with Crippen LogP contribution >= 0.6 is 12.2 Å². The van der Waals surface area contributed by atoms with Gasteiger partial charge in [0.2, 0.25) is 0 Å². The number of aromatic nitrogens is 2. The van der Waals surface area contributed by atoms with Crippen molar-refractivity contribution in [1.29, 1.82) is 0 Å². The fraction of sp³-hybridized carbons (Fsp3) is 0.222. The van der Waals surface area contributed by atoms with Crippen molar-refractivity contribution < 1.29 is 9.47 Å². The quantitative estimate of drug-likeness (QED) is 0.721. The van der Waals surface area contributed by atoms with Crippen LogP contribution in [0.3, 0.4) is 0 Å². The van der Waals surface area contributed by atoms with Gasteiger partial charge < -0.3 is 19.8 Å². The zero-order valence-electron chi connectivity index (χ0n) is 13.9. The van der Waals surface area contributed by atoms with Gasteiger partial charge in [-0.3, -0.25) is 0 Å². The van der Waals surface area contributed by atoms with Crippen LogP contribution in [-0.2, 0) is 6.54 Å². The fourth-order valence-corrected chi connectivity index (χ4v) is 2.90. The maximum absolute atomic E-state index is 5.81. The largest absolute Gasteiger partial charge is 0.493 e. The first-order valence-electron chi connectivity index (χ1n) is 7.51. The lowest BCUT2D eigenvalue weighted by atomic mass is 10.1. The van der Waals surface area contributed by atoms with E-state index >= 15 is 0 Å². The van der Waals surface area contributed by atoms with Crippen LogP contribution in [0.1, 0.15) is 5.56 Å². The molecule has 0 aliphatic rings. The number of nitrogens with zero attached hydrogens (tertiary/aromatic N) is 2. The Labute approximate surface area is 146 Å². The average Bonchev–Trinajstić information content (AvgIpc) is 2.90. The second kappa shape index (κ2) is 6.49. The number of benzene rings is 2. The summed E-state index contributed by atoms with van der Waals surface area (Å²) in [4.78, 5) is 5.17. The molecule has 1 heterocycles. The summed E-state index contributed by atoms with van der Waals surface area (Å²) in [6, 6.07) is 11.9. The predicted molar refractivity (Wildman–Crippen MR) is 99.8 cm³/mol. The van der Waals surface area contributed by atoms with Crippen molar-refractivity contribution in [2.45, 2.75) is 13.5 Å². The molecule has 6 heteroatoms. The Morgan fingerprint density at radius 2 is 1.88 bits per heavy atom. The van der Waals surface area contributed by atoms with Crippen LogP contribution in [0.2, 0.25) is 0 Å². The third-order valence-corrected chi connectivity index (χ3v) is 3.97. The number of hydrogen-bond donors (Lipinski definition) is 1. The number of rotatable bonds is 5. The molecule has 0 spiro atoms. The molecular weight excluding hydrogens is 322 g/mol. The Morgan fingerprint density at radius 3 is 2.50 bits per heavy atom. The van der Waals surface area contributed by atoms with Crippen molar-refractivity contribution in [3.8, 4) is 22.9 Å². The third kappa shape index (κ3) is 2.92. The lowest BCUT2D eigenvalue weighted by Gasteiger charge is -2.10. The zero-order valence-corrected chi connectivity index (χ0v) is 14.7. The number of aryl methyl sites for hydroxylation is 1. The number of methoxy groups -OCH3 is 2. The summed E-state index contributed by atoms with van der Waals surface area (Å²) >= 11 is 5.12. The molecule has 24 heavy (non-hydrogen) atoms. The van der Waals surface area contributed by atoms with E-state index in [0.717, 1.165) is 28.0 Å². The van der Waals surface area contributed by atoms with Gasteiger partial charge in [0.05, 0.1) is 36.8 Å². The van der Waals surface area contributed by atoms with Gasteiger partial charge >= 0.3 is 0 Å². The SMILES string of the molecule is COc1cc2nc(-c3cccc(C)c3)n(CC(N)=S)c2cc1OC. The molecular formula is C18H19N3O2S. The summed E-state index contributed by atoms with van der Waals surface area (Å²) in [5, 5.41) is 0. The molecule has 0 unspecified atom stereocenters. The topological polar surface area (TPSA) is 62.3 Å². The lowest BCUT2D eigenvalue weighted by molar-refractivity contribution is 0.355. The fourth-order valence-electron chi connectivity index (χ4n) is 2.77. The van der Waals surface area contributed by atoms with Crippen LogP contribution < -0.4 is 15.2 Å². The minimum atomic E-state index is 0.401. The van der Waals surface area contributed by atoms with Crippen molar-refractivity contribution in [3.05, 3.63) is 42.0 Å². The number of ether oxygens (including phenoxy) is 2. The zero-order chi connectivity index (χ0) is 17.3. The maximum atomic E-state index is 5.81. The van der Waals surface area contributed by atoms with Gasteiger partial charge in [0.1, 0.15) is 5.82 Å². The molecule has 5 nitrogen and oxygen atoms in total. The van der Waals surface area contributed by atoms with Gasteiger partial charge in [-0.25, -0.2) is 4.98 Å². The average molecular weight is 341 g/mol. The maximum Gasteiger partial charge on any atom is 0.163 e. The Morgan fingerprint density at radius 1 is 1.17 bits per heavy atom. The first kappa shape index (κ1) is 16.3. The highest BCUT2D eigenvalue weighted by atomic mass is 32.1. The van der Waals surface area contributed by atoms with Crippen molar-refractivity contribution in [1.82, 2.24) is 9.55 Å². The summed E-state index contributed by atoms with van der Waals surface area (Å²) < 4.78 is 12.8. The Hall–Kier alpha value is -2.60. The molecule has 0 amide bonds. The van der Waals surface area contributed by atoms with E-state index in [9.17, 15) is 0 Å². The molecule has 1 aromatic heterocycles. The predicted octanol–water partition coefficient (Wildman–Crippen LogP) is 3.32. The van der Waals surface area contributed by atoms with Crippen molar-refractivity contribution >= 4 is 28.2 Å². The van der Waals surface area contributed by atoms with E-state index in [-0.39, 0.29) is 0 Å². The van der Waals surface area contributed by atoms with Gasteiger partial charge in [0.25, 0.3) is 0 Å². The van der Waals surface area contributed by atoms with Crippen LogP contribution in [0.5, 0.6) is 11.5 Å². The van der Waals surface area contributed by atoms with E-state index in [2.05, 4.69) is 19.1 Å². The molecule has 0 fully saturated rings. The van der Waals surface area contributed by atoms with Crippen LogP contribution in [0, 0.1) is 6.92 Å². The van der Waals surface area contributed by atoms with E-state index in [1.807, 2.05) is 28.8 Å². The Balaban J connectivity index is 2.29. The molecule has 3 rings (SSSR count). The second-order valence-corrected chi connectivity index (χ2v) is 6.08. The normalized spacial score (nSPS) is 10.8. The summed E-state index contributed by atoms with van der Waals surface area (Å²) in [5.74, 6) is 2.10. The minimum Gasteiger partial charge on any atom is -0.493 e. The van der Waals surface area contributed by atoms with Crippen LogP contribution in [0.15, 0.2) is 36.4 Å². The summed E-state index contributed by atoms with van der Waals surface area (Å²) in [5.41, 5.74) is 9.69. The smallest absolute Gasteiger partial charge is 0.163 e. The van der Waals surface area contributed by atoms with Crippen molar-refractivity contribution in [3.63, 3.8) is 0 Å². The molecule has 0 saturated heterocycles. The highest BCUT2D eigenvalue weighted by Gasteiger charge is 2.17. The summed E-state index contributed by atoms with van der Waals surface area (Å²) in [7, 11) is 3.22. The molecule has 2 aromatic carbocycles. The molecule has 0 saturated carbocycles. The number of fused-ring (bicyclic) bond motifs is 1. The molecule has 0 aliphatic carbocycles. The highest BCUT2D eigenvalue weighted by Crippen LogP contribution is 2.34. The number of hydrogen-bond acceptors (Lipinski definition) is 4. The lowest BCUT2D eigenvalue weighted by Crippen LogP contribution is -2.17. The van der Waals surface area contributed by atoms with E-state index < -0.39 is 0 Å². The Bertz CT molecular complexity index is 918. The monoisotopic (exact) mass is 341 g/mol. The van der Waals surface area contributed by atoms with Gasteiger partial charge in [-0.1, -0.05) is 36.0 Å². The van der Waals surface area contributed by atoms with Gasteiger partial charge in [-0.05, 0) is 13.0 Å². The van der Waals surface area contributed by atoms with E-state index in [0.29, 0.717) is 23.0 Å². The van der Waals surface area contributed by atoms with E-state index in [1.165, 1.54) is 0 Å². The van der Waals surface area contributed by atoms with E-state index in [4.69, 9.17) is 32.4 Å². The number of nitrogens with two attached hydrogens (primary N) is 1. The molecule has 2 N–H and O–H groups in total. The summed E-state index contributed by atoms with van der Waals surface area (Å²) in [6.07, 6.45) is 0. The standard InChI is InChI=1S/C18H19N3O2S/c1-11-5-4-6-12(7-11)18-20-13-8-15(22-2)16(23-3)9-14(13)21(18)10-17(19)24/h4-9H,10H2,1-3H3,(H2,19,24). The second-order valence-electron chi connectivity index (χ2n) is 5.55. The molecule has 3 aromatic rings. The first-order chi connectivity index (χ1) is 11.5. The first-order valence-corrected chi connectivity index (χ1v) is 7.92. The minimum absolute atomic E-state index is 0.401. The van der Waals surface area contributed by atoms with Gasteiger partial charge in [-0.2, -0.15) is 0 Å². The van der Waals surface area contributed by atoms with Crippen LogP contribution in [0.25, 0.3) is 22.4 Å². The Kier molecular flexibility index (Phi) is 4.40. The molecule has 124 valence electrons. The van der Waals surface area contributed by atoms with Crippen LogP contribution in [-0.4, -0.2) is 28.8 Å². The van der Waals surface area contributed by atoms with Crippen molar-refractivity contribution in [2.24, 2.45) is 5.73 Å². The number of imidazole rings is 1. The molecule has 0 aliphatic heterocycles. The van der Waals surface area contributed by atoms with Gasteiger partial charge in [0.15, 0.2) is 11.5 Å². The number of thiocarbonyl (C=S) groups is 1. The van der Waals surface area contributed by atoms with Gasteiger partial charge in [0, 0.05) is 17.7 Å².